The molecule has 1 aliphatic rings. The van der Waals surface area contributed by atoms with Gasteiger partial charge >= 0.3 is 0 Å². The minimum absolute atomic E-state index is 0.0859. The van der Waals surface area contributed by atoms with Crippen LogP contribution in [0.3, 0.4) is 0 Å². The van der Waals surface area contributed by atoms with Crippen LogP contribution >= 0.6 is 22.9 Å². The molecule has 0 bridgehead atoms. The lowest BCUT2D eigenvalue weighted by Gasteiger charge is -2.22. The number of anilines is 1. The maximum absolute atomic E-state index is 14.7. The second-order valence-corrected chi connectivity index (χ2v) is 7.97. The predicted octanol–water partition coefficient (Wildman–Crippen LogP) is 5.10. The molecule has 2 aromatic carbocycles. The minimum atomic E-state index is -0.981. The summed E-state index contributed by atoms with van der Waals surface area (Å²) in [6.07, 6.45) is 1.55. The van der Waals surface area contributed by atoms with Crippen LogP contribution < -0.4 is 10.3 Å². The molecule has 0 spiro atoms. The molecule has 0 saturated heterocycles. The van der Waals surface area contributed by atoms with Crippen molar-refractivity contribution in [2.24, 2.45) is 0 Å². The second-order valence-electron chi connectivity index (χ2n) is 6.69. The van der Waals surface area contributed by atoms with Crippen LogP contribution in [0.2, 0.25) is 5.02 Å². The molecule has 0 radical (unpaired) electrons. The number of amides is 1. The van der Waals surface area contributed by atoms with E-state index in [0.29, 0.717) is 10.2 Å². The highest BCUT2D eigenvalue weighted by molar-refractivity contribution is 7.13. The molecule has 0 saturated carbocycles. The molecular weight excluding hydrogens is 415 g/mol. The fraction of sp³-hybridized carbons (Fsp3) is 0.0952. The summed E-state index contributed by atoms with van der Waals surface area (Å²) < 4.78 is 20.6. The van der Waals surface area contributed by atoms with E-state index in [0.717, 1.165) is 5.56 Å². The Morgan fingerprint density at radius 1 is 1.24 bits per heavy atom. The average molecular weight is 427 g/mol. The van der Waals surface area contributed by atoms with E-state index in [1.54, 1.807) is 42.8 Å². The molecule has 1 amide bonds. The third-order valence-corrected chi connectivity index (χ3v) is 6.15. The average Bonchev–Trinajstić information content (AvgIpc) is 3.31. The van der Waals surface area contributed by atoms with E-state index in [9.17, 15) is 14.0 Å². The lowest BCUT2D eigenvalue weighted by atomic mass is 9.98. The van der Waals surface area contributed by atoms with Gasteiger partial charge < -0.3 is 4.42 Å². The molecule has 0 fully saturated rings. The van der Waals surface area contributed by atoms with Gasteiger partial charge in [0, 0.05) is 22.2 Å². The number of nitrogens with zero attached hydrogens (tertiary/aromatic N) is 2. The van der Waals surface area contributed by atoms with Crippen molar-refractivity contribution in [1.29, 1.82) is 0 Å². The number of hydrogen-bond donors (Lipinski definition) is 0. The van der Waals surface area contributed by atoms with E-state index in [-0.39, 0.29) is 27.9 Å². The zero-order valence-corrected chi connectivity index (χ0v) is 16.6. The highest BCUT2D eigenvalue weighted by Crippen LogP contribution is 2.42. The van der Waals surface area contributed by atoms with Crippen molar-refractivity contribution < 1.29 is 13.6 Å². The summed E-state index contributed by atoms with van der Waals surface area (Å²) in [6, 6.07) is 8.21. The van der Waals surface area contributed by atoms with Gasteiger partial charge in [-0.15, -0.1) is 11.3 Å². The van der Waals surface area contributed by atoms with E-state index in [2.05, 4.69) is 4.98 Å². The fourth-order valence-corrected chi connectivity index (χ4v) is 4.45. The van der Waals surface area contributed by atoms with Gasteiger partial charge in [0.15, 0.2) is 10.6 Å². The normalized spacial score (nSPS) is 15.9. The van der Waals surface area contributed by atoms with Gasteiger partial charge in [0.2, 0.25) is 5.76 Å². The Balaban J connectivity index is 1.87. The Bertz CT molecular complexity index is 1350. The van der Waals surface area contributed by atoms with Gasteiger partial charge in [0.25, 0.3) is 5.91 Å². The third kappa shape index (κ3) is 2.62. The molecule has 5 nitrogen and oxygen atoms in total. The van der Waals surface area contributed by atoms with Crippen LogP contribution in [0.1, 0.15) is 33.3 Å². The van der Waals surface area contributed by atoms with E-state index in [1.165, 1.54) is 28.4 Å². The van der Waals surface area contributed by atoms with Gasteiger partial charge in [-0.05, 0) is 30.7 Å². The first-order valence-corrected chi connectivity index (χ1v) is 9.97. The molecule has 2 aromatic heterocycles. The van der Waals surface area contributed by atoms with Gasteiger partial charge in [0.05, 0.1) is 10.9 Å². The highest BCUT2D eigenvalue weighted by Gasteiger charge is 2.45. The molecule has 5 rings (SSSR count). The number of thiazole rings is 1. The van der Waals surface area contributed by atoms with Gasteiger partial charge in [-0.25, -0.2) is 9.37 Å². The summed E-state index contributed by atoms with van der Waals surface area (Å²) in [5, 5.41) is 2.72. The Hall–Kier alpha value is -3.03. The molecule has 1 aliphatic heterocycles. The van der Waals surface area contributed by atoms with Crippen LogP contribution in [0.15, 0.2) is 57.2 Å². The summed E-state index contributed by atoms with van der Waals surface area (Å²) in [5.74, 6) is -1.16. The topological polar surface area (TPSA) is 63.4 Å². The number of hydrogen-bond acceptors (Lipinski definition) is 5. The molecular formula is C21H12ClFN2O3S. The summed E-state index contributed by atoms with van der Waals surface area (Å²) >= 11 is 7.42. The number of aromatic nitrogens is 1. The lowest BCUT2D eigenvalue weighted by Crippen LogP contribution is -2.29. The molecule has 8 heteroatoms. The van der Waals surface area contributed by atoms with Gasteiger partial charge in [-0.3, -0.25) is 14.5 Å². The predicted molar refractivity (Wildman–Crippen MR) is 109 cm³/mol. The van der Waals surface area contributed by atoms with Crippen molar-refractivity contribution in [3.8, 4) is 0 Å². The van der Waals surface area contributed by atoms with Crippen LogP contribution in [0.25, 0.3) is 11.0 Å². The van der Waals surface area contributed by atoms with Crippen LogP contribution in [0.4, 0.5) is 9.52 Å². The van der Waals surface area contributed by atoms with Crippen LogP contribution in [-0.2, 0) is 0 Å². The zero-order valence-electron chi connectivity index (χ0n) is 15.0. The lowest BCUT2D eigenvalue weighted by molar-refractivity contribution is 0.0970. The molecule has 3 heterocycles. The molecule has 4 aromatic rings. The second kappa shape index (κ2) is 6.50. The number of fused-ring (bicyclic) bond motifs is 2. The minimum Gasteiger partial charge on any atom is -0.450 e. The highest BCUT2D eigenvalue weighted by atomic mass is 35.5. The number of halogens is 2. The van der Waals surface area contributed by atoms with E-state index < -0.39 is 23.2 Å². The first-order chi connectivity index (χ1) is 14.0. The number of rotatable bonds is 2. The quantitative estimate of drug-likeness (QED) is 0.447. The van der Waals surface area contributed by atoms with E-state index in [4.69, 9.17) is 16.0 Å². The van der Waals surface area contributed by atoms with Crippen LogP contribution in [0.5, 0.6) is 0 Å². The summed E-state index contributed by atoms with van der Waals surface area (Å²) in [6.45, 7) is 1.78. The van der Waals surface area contributed by atoms with Crippen molar-refractivity contribution in [3.05, 3.63) is 91.5 Å². The first-order valence-electron chi connectivity index (χ1n) is 8.71. The largest absolute Gasteiger partial charge is 0.450 e. The first kappa shape index (κ1) is 18.0. The number of benzene rings is 2. The van der Waals surface area contributed by atoms with E-state index in [1.807, 2.05) is 0 Å². The molecule has 144 valence electrons. The standard InChI is InChI=1S/C21H12ClFN2O3S/c1-10-8-15-12(9-13(10)22)18(26)16-17(11-4-2-3-5-14(11)23)25(20(27)19(16)28-15)21-24-6-7-29-21/h2-9,17H,1H3/t17-/m1/s1. The maximum atomic E-state index is 14.7. The number of carbonyl (C=O) groups excluding carboxylic acids is 1. The Kier molecular flexibility index (Phi) is 4.04. The van der Waals surface area contributed by atoms with Gasteiger partial charge in [0.1, 0.15) is 17.4 Å². The monoisotopic (exact) mass is 426 g/mol. The summed E-state index contributed by atoms with van der Waals surface area (Å²) in [7, 11) is 0. The Morgan fingerprint density at radius 3 is 2.76 bits per heavy atom. The van der Waals surface area contributed by atoms with Crippen molar-refractivity contribution in [2.75, 3.05) is 4.90 Å². The smallest absolute Gasteiger partial charge is 0.297 e. The SMILES string of the molecule is Cc1cc2oc3c(c(=O)c2cc1Cl)[C@@H](c1ccccc1F)N(c1nccs1)C3=O. The van der Waals surface area contributed by atoms with Crippen molar-refractivity contribution >= 4 is 44.9 Å². The molecule has 29 heavy (non-hydrogen) atoms. The Morgan fingerprint density at radius 2 is 2.03 bits per heavy atom. The number of carbonyl (C=O) groups is 1. The maximum Gasteiger partial charge on any atom is 0.297 e. The van der Waals surface area contributed by atoms with Crippen molar-refractivity contribution in [3.63, 3.8) is 0 Å². The summed E-state index contributed by atoms with van der Waals surface area (Å²) in [4.78, 5) is 32.2. The summed E-state index contributed by atoms with van der Waals surface area (Å²) in [5.41, 5.74) is 0.846. The van der Waals surface area contributed by atoms with Crippen molar-refractivity contribution in [1.82, 2.24) is 4.98 Å². The van der Waals surface area contributed by atoms with Crippen molar-refractivity contribution in [2.45, 2.75) is 13.0 Å². The van der Waals surface area contributed by atoms with Gasteiger partial charge in [-0.2, -0.15) is 0 Å². The fourth-order valence-electron chi connectivity index (χ4n) is 3.62. The van der Waals surface area contributed by atoms with E-state index >= 15 is 0 Å². The molecule has 0 N–H and O–H groups in total. The molecule has 0 unspecified atom stereocenters. The van der Waals surface area contributed by atoms with Crippen LogP contribution in [0, 0.1) is 12.7 Å². The molecule has 0 aliphatic carbocycles. The Labute approximate surface area is 173 Å². The molecule has 1 atom stereocenters. The van der Waals surface area contributed by atoms with Crippen LogP contribution in [-0.4, -0.2) is 10.9 Å². The number of aryl methyl sites for hydroxylation is 1. The van der Waals surface area contributed by atoms with Gasteiger partial charge in [-0.1, -0.05) is 29.8 Å². The third-order valence-electron chi connectivity index (χ3n) is 4.98. The zero-order chi connectivity index (χ0) is 20.3.